The van der Waals surface area contributed by atoms with Crippen molar-refractivity contribution in [2.75, 3.05) is 6.54 Å². The fraction of sp³-hybridized carbons (Fsp3) is 0.417. The Morgan fingerprint density at radius 3 is 2.71 bits per heavy atom. The molecular formula is C12H15NO. The number of ketones is 1. The minimum absolute atomic E-state index is 0.0254. The second kappa shape index (κ2) is 3.93. The number of benzene rings is 1. The normalized spacial score (nSPS) is 26.4. The molecule has 74 valence electrons. The number of hydrogen-bond donors (Lipinski definition) is 1. The molecule has 1 heterocycles. The van der Waals surface area contributed by atoms with Gasteiger partial charge in [-0.2, -0.15) is 0 Å². The first-order valence-electron chi connectivity index (χ1n) is 5.08. The molecule has 0 spiro atoms. The van der Waals surface area contributed by atoms with Gasteiger partial charge in [0.1, 0.15) is 5.78 Å². The zero-order valence-electron chi connectivity index (χ0n) is 8.36. The van der Waals surface area contributed by atoms with Crippen LogP contribution < -0.4 is 5.32 Å². The average molecular weight is 189 g/mol. The Morgan fingerprint density at radius 1 is 1.36 bits per heavy atom. The first kappa shape index (κ1) is 9.41. The Labute approximate surface area is 84.3 Å². The Morgan fingerprint density at radius 2 is 2.07 bits per heavy atom. The average Bonchev–Trinajstić information content (AvgIpc) is 2.67. The highest BCUT2D eigenvalue weighted by atomic mass is 16.1. The fourth-order valence-electron chi connectivity index (χ4n) is 2.19. The van der Waals surface area contributed by atoms with Gasteiger partial charge in [-0.25, -0.2) is 0 Å². The Hall–Kier alpha value is -1.15. The van der Waals surface area contributed by atoms with E-state index in [-0.39, 0.29) is 11.8 Å². The summed E-state index contributed by atoms with van der Waals surface area (Å²) in [6.45, 7) is 2.61. The third kappa shape index (κ3) is 1.70. The molecule has 2 unspecified atom stereocenters. The topological polar surface area (TPSA) is 29.1 Å². The van der Waals surface area contributed by atoms with Gasteiger partial charge in [0.2, 0.25) is 0 Å². The van der Waals surface area contributed by atoms with Gasteiger partial charge in [-0.15, -0.1) is 0 Å². The van der Waals surface area contributed by atoms with Gasteiger partial charge >= 0.3 is 0 Å². The Bertz CT molecular complexity index is 320. The van der Waals surface area contributed by atoms with E-state index in [1.807, 2.05) is 18.2 Å². The van der Waals surface area contributed by atoms with Gasteiger partial charge in [-0.05, 0) is 25.5 Å². The molecule has 0 radical (unpaired) electrons. The summed E-state index contributed by atoms with van der Waals surface area (Å²) in [7, 11) is 0. The summed E-state index contributed by atoms with van der Waals surface area (Å²) in [6.07, 6.45) is 1.06. The van der Waals surface area contributed by atoms with E-state index in [1.165, 1.54) is 5.56 Å². The minimum atomic E-state index is 0.0254. The monoisotopic (exact) mass is 189 g/mol. The van der Waals surface area contributed by atoms with Crippen LogP contribution in [0.1, 0.15) is 24.8 Å². The molecule has 0 aromatic heterocycles. The van der Waals surface area contributed by atoms with Crippen LogP contribution in [0.2, 0.25) is 0 Å². The van der Waals surface area contributed by atoms with Gasteiger partial charge in [0.15, 0.2) is 0 Å². The second-order valence-corrected chi connectivity index (χ2v) is 3.85. The molecule has 1 saturated heterocycles. The Kier molecular flexibility index (Phi) is 2.64. The van der Waals surface area contributed by atoms with Crippen LogP contribution in [0.25, 0.3) is 0 Å². The lowest BCUT2D eigenvalue weighted by molar-refractivity contribution is -0.118. The van der Waals surface area contributed by atoms with Crippen molar-refractivity contribution in [2.24, 2.45) is 0 Å². The maximum absolute atomic E-state index is 11.4. The SMILES string of the molecule is CC(=O)C1NCCC1c1ccccc1. The Balaban J connectivity index is 2.22. The second-order valence-electron chi connectivity index (χ2n) is 3.85. The first-order chi connectivity index (χ1) is 6.79. The van der Waals surface area contributed by atoms with Crippen molar-refractivity contribution in [3.8, 4) is 0 Å². The van der Waals surface area contributed by atoms with E-state index in [0.29, 0.717) is 5.92 Å². The lowest BCUT2D eigenvalue weighted by Crippen LogP contribution is -2.32. The van der Waals surface area contributed by atoms with Crippen LogP contribution in [0.5, 0.6) is 0 Å². The standard InChI is InChI=1S/C12H15NO/c1-9(14)12-11(7-8-13-12)10-5-3-2-4-6-10/h2-6,11-13H,7-8H2,1H3. The van der Waals surface area contributed by atoms with Crippen LogP contribution in [-0.2, 0) is 4.79 Å². The van der Waals surface area contributed by atoms with Gasteiger partial charge in [-0.3, -0.25) is 4.79 Å². The van der Waals surface area contributed by atoms with Crippen molar-refractivity contribution in [1.29, 1.82) is 0 Å². The lowest BCUT2D eigenvalue weighted by Gasteiger charge is -2.16. The molecule has 2 atom stereocenters. The highest BCUT2D eigenvalue weighted by molar-refractivity contribution is 5.83. The zero-order chi connectivity index (χ0) is 9.97. The molecule has 1 fully saturated rings. The number of nitrogens with one attached hydrogen (secondary N) is 1. The lowest BCUT2D eigenvalue weighted by atomic mass is 9.90. The maximum Gasteiger partial charge on any atom is 0.147 e. The van der Waals surface area contributed by atoms with E-state index >= 15 is 0 Å². The smallest absolute Gasteiger partial charge is 0.147 e. The van der Waals surface area contributed by atoms with Crippen molar-refractivity contribution in [3.05, 3.63) is 35.9 Å². The molecule has 14 heavy (non-hydrogen) atoms. The predicted molar refractivity (Wildman–Crippen MR) is 56.3 cm³/mol. The van der Waals surface area contributed by atoms with Crippen LogP contribution in [0.15, 0.2) is 30.3 Å². The van der Waals surface area contributed by atoms with Crippen molar-refractivity contribution >= 4 is 5.78 Å². The van der Waals surface area contributed by atoms with E-state index in [4.69, 9.17) is 0 Å². The summed E-state index contributed by atoms with van der Waals surface area (Å²) in [6, 6.07) is 10.3. The number of rotatable bonds is 2. The summed E-state index contributed by atoms with van der Waals surface area (Å²) in [4.78, 5) is 11.4. The van der Waals surface area contributed by atoms with Crippen LogP contribution in [0.4, 0.5) is 0 Å². The van der Waals surface area contributed by atoms with Crippen LogP contribution in [0.3, 0.4) is 0 Å². The number of hydrogen-bond acceptors (Lipinski definition) is 2. The van der Waals surface area contributed by atoms with Gasteiger partial charge < -0.3 is 5.32 Å². The maximum atomic E-state index is 11.4. The summed E-state index contributed by atoms with van der Waals surface area (Å²) in [5, 5.41) is 3.26. The molecule has 1 aliphatic rings. The fourth-order valence-corrected chi connectivity index (χ4v) is 2.19. The largest absolute Gasteiger partial charge is 0.307 e. The molecule has 0 aliphatic carbocycles. The molecule has 2 rings (SSSR count). The summed E-state index contributed by atoms with van der Waals surface area (Å²) < 4.78 is 0. The molecule has 0 bridgehead atoms. The van der Waals surface area contributed by atoms with Crippen molar-refractivity contribution in [3.63, 3.8) is 0 Å². The number of carbonyl (C=O) groups excluding carboxylic acids is 1. The van der Waals surface area contributed by atoms with Crippen molar-refractivity contribution in [1.82, 2.24) is 5.32 Å². The highest BCUT2D eigenvalue weighted by Crippen LogP contribution is 2.27. The predicted octanol–water partition coefficient (Wildman–Crippen LogP) is 1.72. The summed E-state index contributed by atoms with van der Waals surface area (Å²) in [5.41, 5.74) is 1.28. The van der Waals surface area contributed by atoms with Gasteiger partial charge in [-0.1, -0.05) is 30.3 Å². The first-order valence-corrected chi connectivity index (χ1v) is 5.08. The third-order valence-electron chi connectivity index (χ3n) is 2.89. The molecule has 0 amide bonds. The van der Waals surface area contributed by atoms with Crippen molar-refractivity contribution in [2.45, 2.75) is 25.3 Å². The van der Waals surface area contributed by atoms with E-state index in [1.54, 1.807) is 6.92 Å². The highest BCUT2D eigenvalue weighted by Gasteiger charge is 2.30. The molecular weight excluding hydrogens is 174 g/mol. The molecule has 1 aromatic carbocycles. The summed E-state index contributed by atoms with van der Waals surface area (Å²) >= 11 is 0. The quantitative estimate of drug-likeness (QED) is 0.767. The third-order valence-corrected chi connectivity index (χ3v) is 2.89. The summed E-state index contributed by atoms with van der Waals surface area (Å²) in [5.74, 6) is 0.616. The van der Waals surface area contributed by atoms with Crippen LogP contribution >= 0.6 is 0 Å². The zero-order valence-corrected chi connectivity index (χ0v) is 8.36. The van der Waals surface area contributed by atoms with Gasteiger partial charge in [0.25, 0.3) is 0 Å². The molecule has 1 N–H and O–H groups in total. The number of carbonyl (C=O) groups is 1. The van der Waals surface area contributed by atoms with Crippen molar-refractivity contribution < 1.29 is 4.79 Å². The van der Waals surface area contributed by atoms with E-state index < -0.39 is 0 Å². The molecule has 2 nitrogen and oxygen atoms in total. The molecule has 1 aliphatic heterocycles. The van der Waals surface area contributed by atoms with Gasteiger partial charge in [0.05, 0.1) is 6.04 Å². The number of Topliss-reactive ketones (excluding diaryl/α,β-unsaturated/α-hetero) is 1. The molecule has 0 saturated carbocycles. The minimum Gasteiger partial charge on any atom is -0.307 e. The molecule has 2 heteroatoms. The van der Waals surface area contributed by atoms with Crippen LogP contribution in [-0.4, -0.2) is 18.4 Å². The van der Waals surface area contributed by atoms with E-state index in [2.05, 4.69) is 17.4 Å². The van der Waals surface area contributed by atoms with Gasteiger partial charge in [0, 0.05) is 5.92 Å². The molecule has 1 aromatic rings. The van der Waals surface area contributed by atoms with Crippen LogP contribution in [0, 0.1) is 0 Å². The van der Waals surface area contributed by atoms with E-state index in [0.717, 1.165) is 13.0 Å². The van der Waals surface area contributed by atoms with E-state index in [9.17, 15) is 4.79 Å².